The van der Waals surface area contributed by atoms with Crippen molar-refractivity contribution in [1.29, 1.82) is 0 Å². The molecule has 0 aliphatic carbocycles. The van der Waals surface area contributed by atoms with Gasteiger partial charge in [0.15, 0.2) is 6.17 Å². The predicted octanol–water partition coefficient (Wildman–Crippen LogP) is 3.52. The molecule has 0 spiro atoms. The van der Waals surface area contributed by atoms with Crippen LogP contribution in [0.5, 0.6) is 5.75 Å². The lowest BCUT2D eigenvalue weighted by Crippen LogP contribution is -2.52. The van der Waals surface area contributed by atoms with Crippen LogP contribution < -0.4 is 15.0 Å². The summed E-state index contributed by atoms with van der Waals surface area (Å²) in [4.78, 5) is 17.0. The minimum absolute atomic E-state index is 0.126. The van der Waals surface area contributed by atoms with E-state index in [1.807, 2.05) is 47.4 Å². The molecule has 31 heavy (non-hydrogen) atoms. The first-order valence-electron chi connectivity index (χ1n) is 10.4. The molecule has 1 saturated heterocycles. The van der Waals surface area contributed by atoms with E-state index in [4.69, 9.17) is 4.74 Å². The summed E-state index contributed by atoms with van der Waals surface area (Å²) < 4.78 is 5.87. The number of urea groups is 1. The fraction of sp³-hybridized carbons (Fsp3) is 0.261. The quantitative estimate of drug-likeness (QED) is 0.828. The molecule has 0 bridgehead atoms. The Morgan fingerprint density at radius 3 is 2.58 bits per heavy atom. The number of carbonyl (C=O) groups is 1. The lowest BCUT2D eigenvalue weighted by molar-refractivity contribution is 0.163. The van der Waals surface area contributed by atoms with Gasteiger partial charge in [-0.25, -0.2) is 4.79 Å². The Morgan fingerprint density at radius 1 is 1.03 bits per heavy atom. The molecule has 1 N–H and O–H groups in total. The third-order valence-electron chi connectivity index (χ3n) is 5.58. The van der Waals surface area contributed by atoms with Gasteiger partial charge in [-0.15, -0.1) is 5.11 Å². The van der Waals surface area contributed by atoms with Crippen LogP contribution in [-0.2, 0) is 6.61 Å². The number of carbonyl (C=O) groups excluding carboxylic acids is 1. The topological polar surface area (TPSA) is 72.8 Å². The molecule has 1 unspecified atom stereocenters. The molecule has 3 aliphatic heterocycles. The van der Waals surface area contributed by atoms with Crippen molar-refractivity contribution in [2.24, 2.45) is 10.3 Å². The van der Waals surface area contributed by atoms with Crippen LogP contribution in [0.25, 0.3) is 0 Å². The van der Waals surface area contributed by atoms with Gasteiger partial charge in [0.2, 0.25) is 0 Å². The van der Waals surface area contributed by atoms with E-state index in [9.17, 15) is 4.79 Å². The van der Waals surface area contributed by atoms with Crippen molar-refractivity contribution in [3.63, 3.8) is 0 Å². The lowest BCUT2D eigenvalue weighted by Gasteiger charge is -2.37. The van der Waals surface area contributed by atoms with E-state index in [0.29, 0.717) is 19.7 Å². The number of hydrogen-bond donors (Lipinski definition) is 1. The van der Waals surface area contributed by atoms with Crippen molar-refractivity contribution >= 4 is 11.7 Å². The second-order valence-electron chi connectivity index (χ2n) is 7.56. The molecule has 2 amide bonds. The summed E-state index contributed by atoms with van der Waals surface area (Å²) in [6.45, 7) is 3.36. The number of nitrogens with one attached hydrogen (secondary N) is 1. The maximum absolute atomic E-state index is 12.9. The first kappa shape index (κ1) is 19.2. The molecule has 3 heterocycles. The Labute approximate surface area is 181 Å². The highest BCUT2D eigenvalue weighted by Crippen LogP contribution is 2.25. The molecule has 1 fully saturated rings. The molecular formula is C23H24N6O2. The van der Waals surface area contributed by atoms with Crippen LogP contribution in [-0.4, -0.2) is 48.3 Å². The molecule has 8 nitrogen and oxygen atoms in total. The lowest BCUT2D eigenvalue weighted by atomic mass is 10.2. The van der Waals surface area contributed by atoms with Gasteiger partial charge >= 0.3 is 6.03 Å². The zero-order chi connectivity index (χ0) is 21.0. The number of amides is 2. The van der Waals surface area contributed by atoms with Gasteiger partial charge in [-0.3, -0.25) is 0 Å². The van der Waals surface area contributed by atoms with Gasteiger partial charge in [-0.05, 0) is 48.2 Å². The average molecular weight is 416 g/mol. The van der Waals surface area contributed by atoms with Gasteiger partial charge in [0, 0.05) is 31.9 Å². The summed E-state index contributed by atoms with van der Waals surface area (Å²) in [6, 6.07) is 18.1. The van der Waals surface area contributed by atoms with Crippen molar-refractivity contribution in [3.05, 3.63) is 84.2 Å². The van der Waals surface area contributed by atoms with E-state index in [1.54, 1.807) is 6.20 Å². The molecule has 3 aliphatic rings. The first-order valence-corrected chi connectivity index (χ1v) is 10.4. The fourth-order valence-corrected chi connectivity index (χ4v) is 3.84. The summed E-state index contributed by atoms with van der Waals surface area (Å²) >= 11 is 0. The van der Waals surface area contributed by atoms with Gasteiger partial charge in [-0.2, -0.15) is 5.01 Å². The second-order valence-corrected chi connectivity index (χ2v) is 7.56. The second kappa shape index (κ2) is 8.51. The first-order chi connectivity index (χ1) is 15.3. The van der Waals surface area contributed by atoms with Crippen LogP contribution >= 0.6 is 0 Å². The number of nitrogens with zero attached hydrogens (tertiary/aromatic N) is 5. The Kier molecular flexibility index (Phi) is 5.26. The monoisotopic (exact) mass is 416 g/mol. The summed E-state index contributed by atoms with van der Waals surface area (Å²) in [6.07, 6.45) is 5.26. The number of fused-ring (bicyclic) bond motifs is 1. The maximum Gasteiger partial charge on any atom is 0.346 e. The van der Waals surface area contributed by atoms with Gasteiger partial charge in [0.1, 0.15) is 12.4 Å². The Hall–Kier alpha value is -3.81. The molecular weight excluding hydrogens is 392 g/mol. The van der Waals surface area contributed by atoms with Crippen LogP contribution in [0.1, 0.15) is 5.56 Å². The van der Waals surface area contributed by atoms with Gasteiger partial charge in [0.25, 0.3) is 0 Å². The number of benzene rings is 2. The molecule has 2 aromatic carbocycles. The van der Waals surface area contributed by atoms with Gasteiger partial charge in [0.05, 0.1) is 5.70 Å². The van der Waals surface area contributed by atoms with Gasteiger partial charge in [-0.1, -0.05) is 35.6 Å². The van der Waals surface area contributed by atoms with E-state index >= 15 is 0 Å². The summed E-state index contributed by atoms with van der Waals surface area (Å²) in [5.41, 5.74) is 3.04. The van der Waals surface area contributed by atoms with Crippen molar-refractivity contribution < 1.29 is 9.53 Å². The molecule has 8 heteroatoms. The average Bonchev–Trinajstić information content (AvgIpc) is 3.28. The van der Waals surface area contributed by atoms with Crippen molar-refractivity contribution in [2.75, 3.05) is 31.1 Å². The molecule has 5 rings (SSSR count). The highest BCUT2D eigenvalue weighted by atomic mass is 16.5. The van der Waals surface area contributed by atoms with E-state index in [-0.39, 0.29) is 12.2 Å². The summed E-state index contributed by atoms with van der Waals surface area (Å²) in [7, 11) is 0. The Balaban J connectivity index is 1.14. The zero-order valence-corrected chi connectivity index (χ0v) is 17.1. The molecule has 0 aromatic heterocycles. The van der Waals surface area contributed by atoms with Gasteiger partial charge < -0.3 is 19.9 Å². The number of ether oxygens (including phenoxy) is 1. The predicted molar refractivity (Wildman–Crippen MR) is 117 cm³/mol. The van der Waals surface area contributed by atoms with Crippen LogP contribution in [0.15, 0.2) is 89.0 Å². The largest absolute Gasteiger partial charge is 0.489 e. The van der Waals surface area contributed by atoms with Crippen LogP contribution in [0, 0.1) is 0 Å². The normalized spacial score (nSPS) is 19.7. The Morgan fingerprint density at radius 2 is 1.81 bits per heavy atom. The smallest absolute Gasteiger partial charge is 0.346 e. The van der Waals surface area contributed by atoms with E-state index in [2.05, 4.69) is 44.8 Å². The fourth-order valence-electron chi connectivity index (χ4n) is 3.84. The standard InChI is InChI=1S/C23H24N6O2/c30-23(29-21-7-4-12-24-22(21)25-26-29)28-15-13-27(14-16-28)19-8-10-20(11-9-19)31-17-18-5-2-1-3-6-18/h1-12,22,24H,13-17H2. The van der Waals surface area contributed by atoms with Crippen LogP contribution in [0.3, 0.4) is 0 Å². The minimum atomic E-state index is -0.266. The molecule has 0 saturated carbocycles. The number of anilines is 1. The highest BCUT2D eigenvalue weighted by Gasteiger charge is 2.34. The third-order valence-corrected chi connectivity index (χ3v) is 5.58. The van der Waals surface area contributed by atoms with E-state index in [1.165, 1.54) is 5.01 Å². The minimum Gasteiger partial charge on any atom is -0.489 e. The number of rotatable bonds is 4. The van der Waals surface area contributed by atoms with Crippen molar-refractivity contribution in [1.82, 2.24) is 15.2 Å². The van der Waals surface area contributed by atoms with E-state index < -0.39 is 0 Å². The highest BCUT2D eigenvalue weighted by molar-refractivity contribution is 5.77. The molecule has 2 aromatic rings. The summed E-state index contributed by atoms with van der Waals surface area (Å²) in [5, 5.41) is 12.6. The summed E-state index contributed by atoms with van der Waals surface area (Å²) in [5.74, 6) is 0.846. The van der Waals surface area contributed by atoms with Crippen molar-refractivity contribution in [3.8, 4) is 5.75 Å². The number of dihydropyridines is 1. The molecule has 1 atom stereocenters. The number of allylic oxidation sites excluding steroid dienone is 2. The van der Waals surface area contributed by atoms with Crippen molar-refractivity contribution in [2.45, 2.75) is 12.8 Å². The molecule has 0 radical (unpaired) electrons. The maximum atomic E-state index is 12.9. The third kappa shape index (κ3) is 4.09. The van der Waals surface area contributed by atoms with Crippen LogP contribution in [0.4, 0.5) is 10.5 Å². The Bertz CT molecular complexity index is 1010. The SMILES string of the molecule is O=C(N1CCN(c2ccc(OCc3ccccc3)cc2)CC1)N1N=NC2NC=CC=C21. The molecule has 158 valence electrons. The van der Waals surface area contributed by atoms with E-state index in [0.717, 1.165) is 35.8 Å². The number of piperazine rings is 1. The zero-order valence-electron chi connectivity index (χ0n) is 17.1. The number of hydrogen-bond acceptors (Lipinski definition) is 6. The van der Waals surface area contributed by atoms with Crippen LogP contribution in [0.2, 0.25) is 0 Å².